The zero-order chi connectivity index (χ0) is 17.4. The first-order valence-electron chi connectivity index (χ1n) is 8.15. The van der Waals surface area contributed by atoms with Crippen LogP contribution in [0.2, 0.25) is 0 Å². The first-order chi connectivity index (χ1) is 12.9. The second-order valence-corrected chi connectivity index (χ2v) is 6.10. The third-order valence-electron chi connectivity index (χ3n) is 4.70. The number of aromatic amines is 2. The van der Waals surface area contributed by atoms with Gasteiger partial charge in [-0.2, -0.15) is 5.10 Å². The first-order valence-corrected chi connectivity index (χ1v) is 8.15. The van der Waals surface area contributed by atoms with Crippen molar-refractivity contribution in [3.63, 3.8) is 0 Å². The van der Waals surface area contributed by atoms with Gasteiger partial charge in [-0.05, 0) is 12.1 Å². The molecule has 0 aliphatic heterocycles. The number of imidazole rings is 1. The van der Waals surface area contributed by atoms with Crippen molar-refractivity contribution >= 4 is 6.08 Å². The maximum absolute atomic E-state index is 4.51. The second-order valence-electron chi connectivity index (χ2n) is 6.10. The van der Waals surface area contributed by atoms with Crippen molar-refractivity contribution in [2.75, 3.05) is 0 Å². The predicted octanol–water partition coefficient (Wildman–Crippen LogP) is 1.94. The molecular weight excluding hydrogens is 328 g/mol. The number of rotatable bonds is 3. The van der Waals surface area contributed by atoms with Crippen molar-refractivity contribution in [3.8, 4) is 11.4 Å². The zero-order valence-electron chi connectivity index (χ0n) is 13.7. The number of fused-ring (bicyclic) bond motifs is 1. The average Bonchev–Trinajstić information content (AvgIpc) is 3.38. The maximum atomic E-state index is 4.51. The minimum Gasteiger partial charge on any atom is -0.343 e. The second kappa shape index (κ2) is 5.69. The van der Waals surface area contributed by atoms with E-state index in [0.717, 1.165) is 34.0 Å². The Hall–Kier alpha value is -3.68. The van der Waals surface area contributed by atoms with E-state index in [0.29, 0.717) is 6.42 Å². The van der Waals surface area contributed by atoms with Gasteiger partial charge in [0.2, 0.25) is 0 Å². The van der Waals surface area contributed by atoms with Gasteiger partial charge in [0.15, 0.2) is 0 Å². The summed E-state index contributed by atoms with van der Waals surface area (Å²) in [7, 11) is 0. The molecule has 0 atom stereocenters. The van der Waals surface area contributed by atoms with Crippen LogP contribution >= 0.6 is 0 Å². The van der Waals surface area contributed by atoms with Gasteiger partial charge in [-0.15, -0.1) is 0 Å². The Morgan fingerprint density at radius 2 is 1.73 bits per heavy atom. The van der Waals surface area contributed by atoms with Gasteiger partial charge in [0, 0.05) is 30.1 Å². The monoisotopic (exact) mass is 342 g/mol. The largest absolute Gasteiger partial charge is 0.343 e. The molecule has 0 amide bonds. The van der Waals surface area contributed by atoms with E-state index in [-0.39, 0.29) is 0 Å². The Bertz CT molecular complexity index is 1010. The van der Waals surface area contributed by atoms with Gasteiger partial charge in [0.05, 0.1) is 35.0 Å². The number of allylic oxidation sites excluding steroid dienone is 1. The standard InChI is InChI=1S/C18H14N8/c1-4-18(15-2-5-19-9-23-15,16-3-6-20-10-24-16)7-13-12(1)17(26-25-13)14-8-21-11-22-14/h1-6,8-11H,7H2,(H,21,22)(H,25,26). The van der Waals surface area contributed by atoms with Gasteiger partial charge < -0.3 is 4.98 Å². The molecule has 126 valence electrons. The Kier molecular flexibility index (Phi) is 3.21. The van der Waals surface area contributed by atoms with Crippen LogP contribution in [0.15, 0.2) is 55.8 Å². The van der Waals surface area contributed by atoms with E-state index < -0.39 is 5.41 Å². The Morgan fingerprint density at radius 3 is 2.35 bits per heavy atom. The maximum Gasteiger partial charge on any atom is 0.117 e. The lowest BCUT2D eigenvalue weighted by molar-refractivity contribution is 0.578. The smallest absolute Gasteiger partial charge is 0.117 e. The topological polar surface area (TPSA) is 109 Å². The van der Waals surface area contributed by atoms with Gasteiger partial charge in [-0.1, -0.05) is 12.2 Å². The molecule has 0 spiro atoms. The molecule has 0 fully saturated rings. The molecule has 5 rings (SSSR count). The molecule has 0 aromatic carbocycles. The molecular formula is C18H14N8. The molecule has 0 bridgehead atoms. The van der Waals surface area contributed by atoms with E-state index in [9.17, 15) is 0 Å². The molecule has 0 saturated carbocycles. The van der Waals surface area contributed by atoms with Gasteiger partial charge >= 0.3 is 0 Å². The molecule has 8 nitrogen and oxygen atoms in total. The van der Waals surface area contributed by atoms with Crippen molar-refractivity contribution in [1.82, 2.24) is 40.1 Å². The van der Waals surface area contributed by atoms with E-state index in [1.807, 2.05) is 12.1 Å². The lowest BCUT2D eigenvalue weighted by Gasteiger charge is -2.31. The number of nitrogens with one attached hydrogen (secondary N) is 2. The fourth-order valence-electron chi connectivity index (χ4n) is 3.45. The fourth-order valence-corrected chi connectivity index (χ4v) is 3.45. The third kappa shape index (κ3) is 2.16. The summed E-state index contributed by atoms with van der Waals surface area (Å²) < 4.78 is 0. The van der Waals surface area contributed by atoms with Crippen molar-refractivity contribution in [2.45, 2.75) is 11.8 Å². The Labute approximate surface area is 148 Å². The minimum atomic E-state index is -0.503. The van der Waals surface area contributed by atoms with Crippen molar-refractivity contribution in [1.29, 1.82) is 0 Å². The Balaban J connectivity index is 1.67. The van der Waals surface area contributed by atoms with Gasteiger partial charge in [-0.3, -0.25) is 5.10 Å². The van der Waals surface area contributed by atoms with E-state index in [4.69, 9.17) is 0 Å². The molecule has 8 heteroatoms. The molecule has 4 aromatic heterocycles. The molecule has 0 saturated heterocycles. The summed E-state index contributed by atoms with van der Waals surface area (Å²) in [6.45, 7) is 0. The van der Waals surface area contributed by atoms with Crippen LogP contribution in [0, 0.1) is 0 Å². The number of nitrogens with zero attached hydrogens (tertiary/aromatic N) is 6. The molecule has 0 unspecified atom stereocenters. The van der Waals surface area contributed by atoms with Crippen LogP contribution in [0.4, 0.5) is 0 Å². The molecule has 1 aliphatic rings. The lowest BCUT2D eigenvalue weighted by atomic mass is 9.73. The number of hydrogen-bond donors (Lipinski definition) is 2. The summed E-state index contributed by atoms with van der Waals surface area (Å²) in [5.74, 6) is 0. The quantitative estimate of drug-likeness (QED) is 0.589. The van der Waals surface area contributed by atoms with Gasteiger partial charge in [-0.25, -0.2) is 24.9 Å². The first kappa shape index (κ1) is 14.6. The highest BCUT2D eigenvalue weighted by Crippen LogP contribution is 2.40. The van der Waals surface area contributed by atoms with Crippen molar-refractivity contribution < 1.29 is 0 Å². The van der Waals surface area contributed by atoms with Crippen LogP contribution in [0.25, 0.3) is 17.5 Å². The molecule has 4 heterocycles. The number of hydrogen-bond acceptors (Lipinski definition) is 6. The summed E-state index contributed by atoms with van der Waals surface area (Å²) in [6, 6.07) is 3.84. The van der Waals surface area contributed by atoms with Gasteiger partial charge in [0.1, 0.15) is 18.3 Å². The molecule has 1 aliphatic carbocycles. The fraction of sp³-hybridized carbons (Fsp3) is 0.111. The van der Waals surface area contributed by atoms with Crippen LogP contribution < -0.4 is 0 Å². The highest BCUT2D eigenvalue weighted by molar-refractivity contribution is 5.74. The molecule has 2 N–H and O–H groups in total. The average molecular weight is 342 g/mol. The highest BCUT2D eigenvalue weighted by Gasteiger charge is 2.39. The lowest BCUT2D eigenvalue weighted by Crippen LogP contribution is -2.32. The Morgan fingerprint density at radius 1 is 0.962 bits per heavy atom. The minimum absolute atomic E-state index is 0.503. The molecule has 0 radical (unpaired) electrons. The normalized spacial score (nSPS) is 14.9. The van der Waals surface area contributed by atoms with Crippen molar-refractivity contribution in [2.24, 2.45) is 0 Å². The van der Waals surface area contributed by atoms with Crippen LogP contribution in [0.1, 0.15) is 22.6 Å². The molecule has 4 aromatic rings. The van der Waals surface area contributed by atoms with Crippen molar-refractivity contribution in [3.05, 3.63) is 78.4 Å². The van der Waals surface area contributed by atoms with E-state index in [1.165, 1.54) is 0 Å². The summed E-state index contributed by atoms with van der Waals surface area (Å²) in [5, 5.41) is 7.65. The third-order valence-corrected chi connectivity index (χ3v) is 4.70. The van der Waals surface area contributed by atoms with E-state index in [1.54, 1.807) is 37.6 Å². The zero-order valence-corrected chi connectivity index (χ0v) is 13.7. The van der Waals surface area contributed by atoms with Crippen LogP contribution in [-0.2, 0) is 11.8 Å². The summed E-state index contributed by atoms with van der Waals surface area (Å²) >= 11 is 0. The van der Waals surface area contributed by atoms with Crippen LogP contribution in [0.5, 0.6) is 0 Å². The predicted molar refractivity (Wildman–Crippen MR) is 93.8 cm³/mol. The number of aromatic nitrogens is 8. The SMILES string of the molecule is C1=CC(c2ccncn2)(c2ccncn2)Cc2[nH]nc(-c3cnc[nH]3)c21. The number of H-pyrrole nitrogens is 2. The highest BCUT2D eigenvalue weighted by atomic mass is 15.1. The van der Waals surface area contributed by atoms with Crippen LogP contribution in [0.3, 0.4) is 0 Å². The van der Waals surface area contributed by atoms with Crippen LogP contribution in [-0.4, -0.2) is 40.1 Å². The molecule has 26 heavy (non-hydrogen) atoms. The summed E-state index contributed by atoms with van der Waals surface area (Å²) in [4.78, 5) is 24.3. The summed E-state index contributed by atoms with van der Waals surface area (Å²) in [6.07, 6.45) is 14.9. The van der Waals surface area contributed by atoms with E-state index in [2.05, 4.69) is 52.3 Å². The van der Waals surface area contributed by atoms with E-state index >= 15 is 0 Å². The summed E-state index contributed by atoms with van der Waals surface area (Å²) in [5.41, 5.74) is 5.06. The van der Waals surface area contributed by atoms with Gasteiger partial charge in [0.25, 0.3) is 0 Å².